The molecule has 0 bridgehead atoms. The minimum atomic E-state index is -0.147. The number of hydrogen-bond donors (Lipinski definition) is 1. The predicted molar refractivity (Wildman–Crippen MR) is 110 cm³/mol. The van der Waals surface area contributed by atoms with Crippen LogP contribution in [0.15, 0.2) is 66.7 Å². The van der Waals surface area contributed by atoms with E-state index in [1.807, 2.05) is 54.6 Å². The predicted octanol–water partition coefficient (Wildman–Crippen LogP) is 4.85. The van der Waals surface area contributed by atoms with Crippen LogP contribution in [0.1, 0.15) is 26.3 Å². The van der Waals surface area contributed by atoms with E-state index < -0.39 is 0 Å². The van der Waals surface area contributed by atoms with Gasteiger partial charge >= 0.3 is 0 Å². The summed E-state index contributed by atoms with van der Waals surface area (Å²) in [4.78, 5) is 0. The maximum Gasteiger partial charge on any atom is 0.185 e. The summed E-state index contributed by atoms with van der Waals surface area (Å²) in [5.74, 6) is 1.44. The van der Waals surface area contributed by atoms with E-state index in [2.05, 4.69) is 53.5 Å². The largest absolute Gasteiger partial charge is 0.371 e. The van der Waals surface area contributed by atoms with E-state index >= 15 is 0 Å². The fourth-order valence-electron chi connectivity index (χ4n) is 2.75. The van der Waals surface area contributed by atoms with E-state index in [9.17, 15) is 0 Å². The molecule has 0 unspecified atom stereocenters. The number of rotatable bonds is 5. The first-order chi connectivity index (χ1) is 13.5. The van der Waals surface area contributed by atoms with Crippen LogP contribution < -0.4 is 5.32 Å². The molecule has 1 N–H and O–H groups in total. The molecule has 0 aliphatic heterocycles. The lowest BCUT2D eigenvalue weighted by atomic mass is 10.1. The molecule has 0 atom stereocenters. The molecule has 0 saturated heterocycles. The molecule has 2 aromatic heterocycles. The lowest BCUT2D eigenvalue weighted by molar-refractivity contribution is -0.0149. The molecule has 0 radical (unpaired) electrons. The zero-order valence-corrected chi connectivity index (χ0v) is 16.3. The maximum atomic E-state index is 5.82. The Kier molecular flexibility index (Phi) is 4.79. The van der Waals surface area contributed by atoms with Crippen molar-refractivity contribution in [1.82, 2.24) is 19.8 Å². The summed E-state index contributed by atoms with van der Waals surface area (Å²) in [5, 5.41) is 16.5. The van der Waals surface area contributed by atoms with Crippen LogP contribution in [0.4, 0.5) is 11.5 Å². The lowest BCUT2D eigenvalue weighted by Gasteiger charge is -2.19. The van der Waals surface area contributed by atoms with E-state index in [0.29, 0.717) is 18.1 Å². The Morgan fingerprint density at radius 1 is 0.893 bits per heavy atom. The van der Waals surface area contributed by atoms with Gasteiger partial charge in [0.05, 0.1) is 12.2 Å². The summed E-state index contributed by atoms with van der Waals surface area (Å²) < 4.78 is 7.57. The Balaban J connectivity index is 1.53. The topological polar surface area (TPSA) is 64.3 Å². The Labute approximate surface area is 164 Å². The number of nitrogens with zero attached hydrogens (tertiary/aromatic N) is 4. The number of anilines is 2. The molecule has 2 aromatic carbocycles. The second-order valence-electron chi connectivity index (χ2n) is 7.60. The summed E-state index contributed by atoms with van der Waals surface area (Å²) in [6.45, 7) is 6.76. The minimum absolute atomic E-state index is 0.147. The van der Waals surface area contributed by atoms with Gasteiger partial charge in [0.2, 0.25) is 0 Å². The van der Waals surface area contributed by atoms with Crippen LogP contribution in [-0.2, 0) is 11.3 Å². The van der Waals surface area contributed by atoms with E-state index in [0.717, 1.165) is 22.6 Å². The first-order valence-corrected chi connectivity index (χ1v) is 9.26. The SMILES string of the molecule is CC(C)(C)OCc1ccc(Nc2ccc3nnc(-c4ccccc4)n3n2)cc1. The normalized spacial score (nSPS) is 11.7. The molecule has 142 valence electrons. The quantitative estimate of drug-likeness (QED) is 0.542. The van der Waals surface area contributed by atoms with Crippen LogP contribution in [-0.4, -0.2) is 25.4 Å². The first kappa shape index (κ1) is 18.1. The van der Waals surface area contributed by atoms with Gasteiger partial charge in [-0.3, -0.25) is 0 Å². The lowest BCUT2D eigenvalue weighted by Crippen LogP contribution is -2.18. The van der Waals surface area contributed by atoms with Gasteiger partial charge in [-0.1, -0.05) is 42.5 Å². The van der Waals surface area contributed by atoms with Crippen molar-refractivity contribution in [2.45, 2.75) is 33.0 Å². The molecule has 0 aliphatic carbocycles. The van der Waals surface area contributed by atoms with Crippen LogP contribution in [0.25, 0.3) is 17.0 Å². The Morgan fingerprint density at radius 2 is 1.64 bits per heavy atom. The highest BCUT2D eigenvalue weighted by molar-refractivity contribution is 5.61. The third-order valence-electron chi connectivity index (χ3n) is 4.19. The Bertz CT molecular complexity index is 1070. The second kappa shape index (κ2) is 7.40. The monoisotopic (exact) mass is 373 g/mol. The Morgan fingerprint density at radius 3 is 2.36 bits per heavy atom. The number of hydrogen-bond acceptors (Lipinski definition) is 5. The van der Waals surface area contributed by atoms with Gasteiger partial charge in [-0.15, -0.1) is 15.3 Å². The maximum absolute atomic E-state index is 5.82. The van der Waals surface area contributed by atoms with Crippen molar-refractivity contribution in [2.75, 3.05) is 5.32 Å². The highest BCUT2D eigenvalue weighted by Gasteiger charge is 2.11. The average molecular weight is 373 g/mol. The molecule has 28 heavy (non-hydrogen) atoms. The van der Waals surface area contributed by atoms with Gasteiger partial charge in [0.25, 0.3) is 0 Å². The smallest absolute Gasteiger partial charge is 0.185 e. The first-order valence-electron chi connectivity index (χ1n) is 9.26. The zero-order valence-electron chi connectivity index (χ0n) is 16.3. The third kappa shape index (κ3) is 4.18. The summed E-state index contributed by atoms with van der Waals surface area (Å²) in [6, 6.07) is 21.9. The second-order valence-corrected chi connectivity index (χ2v) is 7.60. The highest BCUT2D eigenvalue weighted by Crippen LogP contribution is 2.20. The summed E-state index contributed by atoms with van der Waals surface area (Å²) in [6.07, 6.45) is 0. The molecule has 4 rings (SSSR count). The van der Waals surface area contributed by atoms with Gasteiger partial charge in [-0.05, 0) is 50.6 Å². The minimum Gasteiger partial charge on any atom is -0.371 e. The van der Waals surface area contributed by atoms with Crippen LogP contribution >= 0.6 is 0 Å². The van der Waals surface area contributed by atoms with Crippen molar-refractivity contribution < 1.29 is 4.74 Å². The van der Waals surface area contributed by atoms with Crippen molar-refractivity contribution in [3.05, 3.63) is 72.3 Å². The van der Waals surface area contributed by atoms with E-state index in [4.69, 9.17) is 4.74 Å². The van der Waals surface area contributed by atoms with Crippen molar-refractivity contribution in [3.63, 3.8) is 0 Å². The molecule has 4 aromatic rings. The summed E-state index contributed by atoms with van der Waals surface area (Å²) in [5.41, 5.74) is 3.63. The molecule has 0 fully saturated rings. The molecule has 6 nitrogen and oxygen atoms in total. The fourth-order valence-corrected chi connectivity index (χ4v) is 2.75. The molecule has 0 spiro atoms. The molecule has 6 heteroatoms. The van der Waals surface area contributed by atoms with Crippen molar-refractivity contribution in [2.24, 2.45) is 0 Å². The highest BCUT2D eigenvalue weighted by atomic mass is 16.5. The van der Waals surface area contributed by atoms with E-state index in [1.165, 1.54) is 0 Å². The van der Waals surface area contributed by atoms with E-state index in [-0.39, 0.29) is 5.60 Å². The molecule has 0 aliphatic rings. The van der Waals surface area contributed by atoms with Crippen molar-refractivity contribution in [1.29, 1.82) is 0 Å². The number of ether oxygens (including phenoxy) is 1. The van der Waals surface area contributed by atoms with Gasteiger partial charge < -0.3 is 10.1 Å². The van der Waals surface area contributed by atoms with Gasteiger partial charge in [0.15, 0.2) is 17.3 Å². The molecular weight excluding hydrogens is 350 g/mol. The molecular formula is C22H23N5O. The van der Waals surface area contributed by atoms with Gasteiger partial charge in [-0.25, -0.2) is 0 Å². The van der Waals surface area contributed by atoms with Gasteiger partial charge in [0, 0.05) is 11.3 Å². The van der Waals surface area contributed by atoms with Crippen LogP contribution in [0, 0.1) is 0 Å². The number of benzene rings is 2. The molecule has 0 saturated carbocycles. The van der Waals surface area contributed by atoms with Crippen LogP contribution in [0.3, 0.4) is 0 Å². The standard InChI is InChI=1S/C22H23N5O/c1-22(2,3)28-15-16-9-11-18(12-10-16)23-19-13-14-20-24-25-21(27(20)26-19)17-7-5-4-6-8-17/h4-14H,15H2,1-3H3,(H,23,26). The van der Waals surface area contributed by atoms with Crippen molar-refractivity contribution in [3.8, 4) is 11.4 Å². The van der Waals surface area contributed by atoms with Crippen LogP contribution in [0.5, 0.6) is 0 Å². The zero-order chi connectivity index (χ0) is 19.6. The fraction of sp³-hybridized carbons (Fsp3) is 0.227. The molecule has 0 amide bonds. The Hall–Kier alpha value is -3.25. The third-order valence-corrected chi connectivity index (χ3v) is 4.19. The summed E-state index contributed by atoms with van der Waals surface area (Å²) in [7, 11) is 0. The average Bonchev–Trinajstić information content (AvgIpc) is 3.11. The van der Waals surface area contributed by atoms with Crippen molar-refractivity contribution >= 4 is 17.2 Å². The number of nitrogens with one attached hydrogen (secondary N) is 1. The van der Waals surface area contributed by atoms with Gasteiger partial charge in [-0.2, -0.15) is 4.52 Å². The van der Waals surface area contributed by atoms with E-state index in [1.54, 1.807) is 4.52 Å². The summed E-state index contributed by atoms with van der Waals surface area (Å²) >= 11 is 0. The number of fused-ring (bicyclic) bond motifs is 1. The molecule has 2 heterocycles. The number of aromatic nitrogens is 4. The van der Waals surface area contributed by atoms with Gasteiger partial charge in [0.1, 0.15) is 0 Å². The van der Waals surface area contributed by atoms with Crippen LogP contribution in [0.2, 0.25) is 0 Å².